The highest BCUT2D eigenvalue weighted by Crippen LogP contribution is 2.50. The Morgan fingerprint density at radius 1 is 0.828 bits per heavy atom. The van der Waals surface area contributed by atoms with E-state index in [0.29, 0.717) is 39.9 Å². The van der Waals surface area contributed by atoms with E-state index in [-0.39, 0.29) is 19.4 Å². The first kappa shape index (κ1) is 17.5. The molecule has 0 atom stereocenters. The molecule has 148 valence electrons. The quantitative estimate of drug-likeness (QED) is 0.621. The molecule has 7 nitrogen and oxygen atoms in total. The maximum atomic E-state index is 12.6. The molecule has 0 bridgehead atoms. The maximum absolute atomic E-state index is 12.6. The second-order valence-electron chi connectivity index (χ2n) is 6.67. The molecule has 7 heteroatoms. The lowest BCUT2D eigenvalue weighted by molar-refractivity contribution is 0.0535. The molecule has 2 heterocycles. The first-order chi connectivity index (χ1) is 14.2. The van der Waals surface area contributed by atoms with Gasteiger partial charge in [-0.25, -0.2) is 4.79 Å². The summed E-state index contributed by atoms with van der Waals surface area (Å²) in [6.45, 7) is 0.390. The summed E-state index contributed by atoms with van der Waals surface area (Å²) in [5, 5.41) is 1.59. The summed E-state index contributed by atoms with van der Waals surface area (Å²) in [6, 6.07) is 9.38. The molecule has 2 aliphatic heterocycles. The lowest BCUT2D eigenvalue weighted by Gasteiger charge is -2.19. The third-order valence-corrected chi connectivity index (χ3v) is 5.24. The molecule has 0 radical (unpaired) electrons. The Hall–Kier alpha value is -3.61. The molecule has 3 aromatic carbocycles. The van der Waals surface area contributed by atoms with E-state index in [4.69, 9.17) is 28.4 Å². The van der Waals surface area contributed by atoms with Gasteiger partial charge in [-0.3, -0.25) is 0 Å². The first-order valence-corrected chi connectivity index (χ1v) is 9.02. The van der Waals surface area contributed by atoms with Crippen LogP contribution in [-0.4, -0.2) is 34.1 Å². The molecule has 29 heavy (non-hydrogen) atoms. The van der Waals surface area contributed by atoms with Gasteiger partial charge in [0.05, 0.1) is 26.9 Å². The largest absolute Gasteiger partial charge is 0.493 e. The van der Waals surface area contributed by atoms with Gasteiger partial charge in [0.15, 0.2) is 23.0 Å². The number of carbonyl (C=O) groups excluding carboxylic acids is 1. The van der Waals surface area contributed by atoms with Crippen LogP contribution in [0.25, 0.3) is 21.9 Å². The minimum absolute atomic E-state index is 0.169. The van der Waals surface area contributed by atoms with Crippen molar-refractivity contribution in [3.05, 3.63) is 41.5 Å². The number of benzene rings is 3. The predicted octanol–water partition coefficient (Wildman–Crippen LogP) is 3.93. The van der Waals surface area contributed by atoms with Crippen LogP contribution in [0.4, 0.5) is 0 Å². The molecule has 0 N–H and O–H groups in total. The van der Waals surface area contributed by atoms with Gasteiger partial charge in [0, 0.05) is 16.5 Å². The molecule has 0 amide bonds. The van der Waals surface area contributed by atoms with E-state index in [9.17, 15) is 4.79 Å². The standard InChI is InChI=1S/C22H18O7/c1-24-16-8-12-6-13-9-27-22(23)19(13)17(18(12)21(26-3)20(16)25-2)11-4-5-14-15(7-11)29-10-28-14/h4-8H,9-10H2,1-3H3. The van der Waals surface area contributed by atoms with Crippen molar-refractivity contribution in [2.45, 2.75) is 6.61 Å². The molecule has 0 unspecified atom stereocenters. The molecule has 0 fully saturated rings. The summed E-state index contributed by atoms with van der Waals surface area (Å²) in [4.78, 5) is 12.6. The number of carbonyl (C=O) groups is 1. The Morgan fingerprint density at radius 2 is 1.62 bits per heavy atom. The Kier molecular flexibility index (Phi) is 3.91. The normalized spacial score (nSPS) is 14.0. The number of hydrogen-bond acceptors (Lipinski definition) is 7. The molecule has 3 aromatic rings. The molecule has 0 saturated heterocycles. The van der Waals surface area contributed by atoms with Gasteiger partial charge in [-0.15, -0.1) is 0 Å². The van der Waals surface area contributed by atoms with Gasteiger partial charge in [0.25, 0.3) is 0 Å². The summed E-state index contributed by atoms with van der Waals surface area (Å²) in [7, 11) is 4.68. The van der Waals surface area contributed by atoms with Crippen molar-refractivity contribution in [2.24, 2.45) is 0 Å². The SMILES string of the molecule is COc1cc2cc3c(c(-c4ccc5c(c4)OCO5)c2c(OC)c1OC)C(=O)OC3. The smallest absolute Gasteiger partial charge is 0.339 e. The zero-order valence-corrected chi connectivity index (χ0v) is 16.2. The Balaban J connectivity index is 1.92. The zero-order chi connectivity index (χ0) is 20.1. The monoisotopic (exact) mass is 394 g/mol. The van der Waals surface area contributed by atoms with Crippen molar-refractivity contribution in [3.8, 4) is 39.9 Å². The Morgan fingerprint density at radius 3 is 2.38 bits per heavy atom. The lowest BCUT2D eigenvalue weighted by atomic mass is 9.89. The van der Waals surface area contributed by atoms with Gasteiger partial charge in [-0.05, 0) is 35.2 Å². The van der Waals surface area contributed by atoms with E-state index in [1.807, 2.05) is 30.3 Å². The van der Waals surface area contributed by atoms with Crippen molar-refractivity contribution >= 4 is 16.7 Å². The zero-order valence-electron chi connectivity index (χ0n) is 16.2. The van der Waals surface area contributed by atoms with Crippen molar-refractivity contribution in [1.29, 1.82) is 0 Å². The molecular weight excluding hydrogens is 376 g/mol. The van der Waals surface area contributed by atoms with Gasteiger partial charge < -0.3 is 28.4 Å². The van der Waals surface area contributed by atoms with E-state index in [2.05, 4.69) is 0 Å². The van der Waals surface area contributed by atoms with Crippen LogP contribution in [0.2, 0.25) is 0 Å². The fourth-order valence-electron chi connectivity index (χ4n) is 4.00. The van der Waals surface area contributed by atoms with Crippen LogP contribution < -0.4 is 23.7 Å². The summed E-state index contributed by atoms with van der Waals surface area (Å²) < 4.78 is 33.1. The highest BCUT2D eigenvalue weighted by Gasteiger charge is 2.31. The molecule has 5 rings (SSSR count). The number of methoxy groups -OCH3 is 3. The van der Waals surface area contributed by atoms with Crippen LogP contribution in [0.15, 0.2) is 30.3 Å². The van der Waals surface area contributed by atoms with Gasteiger partial charge >= 0.3 is 5.97 Å². The molecule has 0 saturated carbocycles. The fraction of sp³-hybridized carbons (Fsp3) is 0.227. The van der Waals surface area contributed by atoms with E-state index in [0.717, 1.165) is 21.9 Å². The number of hydrogen-bond donors (Lipinski definition) is 0. The molecular formula is C22H18O7. The average molecular weight is 394 g/mol. The minimum atomic E-state index is -0.369. The summed E-state index contributed by atoms with van der Waals surface area (Å²) in [5.41, 5.74) is 2.82. The third kappa shape index (κ3) is 2.47. The van der Waals surface area contributed by atoms with Gasteiger partial charge in [-0.2, -0.15) is 0 Å². The van der Waals surface area contributed by atoms with Gasteiger partial charge in [-0.1, -0.05) is 6.07 Å². The highest BCUT2D eigenvalue weighted by atomic mass is 16.7. The molecule has 2 aliphatic rings. The lowest BCUT2D eigenvalue weighted by Crippen LogP contribution is -2.02. The van der Waals surface area contributed by atoms with Gasteiger partial charge in [0.1, 0.15) is 6.61 Å². The van der Waals surface area contributed by atoms with Crippen LogP contribution in [0.3, 0.4) is 0 Å². The number of fused-ring (bicyclic) bond motifs is 3. The minimum Gasteiger partial charge on any atom is -0.493 e. The third-order valence-electron chi connectivity index (χ3n) is 5.24. The van der Waals surface area contributed by atoms with E-state index in [1.165, 1.54) is 0 Å². The van der Waals surface area contributed by atoms with Crippen molar-refractivity contribution in [3.63, 3.8) is 0 Å². The average Bonchev–Trinajstić information content (AvgIpc) is 3.36. The second kappa shape index (κ2) is 6.48. The van der Waals surface area contributed by atoms with Crippen molar-refractivity contribution in [2.75, 3.05) is 28.1 Å². The summed E-state index contributed by atoms with van der Waals surface area (Å²) >= 11 is 0. The van der Waals surface area contributed by atoms with Crippen molar-refractivity contribution < 1.29 is 33.2 Å². The second-order valence-corrected chi connectivity index (χ2v) is 6.67. The fourth-order valence-corrected chi connectivity index (χ4v) is 4.00. The Bertz CT molecular complexity index is 1170. The van der Waals surface area contributed by atoms with Crippen LogP contribution >= 0.6 is 0 Å². The molecule has 0 aromatic heterocycles. The van der Waals surface area contributed by atoms with Crippen LogP contribution in [0.5, 0.6) is 28.7 Å². The first-order valence-electron chi connectivity index (χ1n) is 9.02. The van der Waals surface area contributed by atoms with E-state index >= 15 is 0 Å². The predicted molar refractivity (Wildman–Crippen MR) is 104 cm³/mol. The number of cyclic esters (lactones) is 1. The summed E-state index contributed by atoms with van der Waals surface area (Å²) in [6.07, 6.45) is 0. The van der Waals surface area contributed by atoms with Crippen molar-refractivity contribution in [1.82, 2.24) is 0 Å². The molecule has 0 spiro atoms. The van der Waals surface area contributed by atoms with Crippen LogP contribution in [0, 0.1) is 0 Å². The molecule has 0 aliphatic carbocycles. The van der Waals surface area contributed by atoms with E-state index in [1.54, 1.807) is 21.3 Å². The summed E-state index contributed by atoms with van der Waals surface area (Å²) in [5.74, 6) is 2.40. The van der Waals surface area contributed by atoms with E-state index < -0.39 is 0 Å². The number of ether oxygens (including phenoxy) is 6. The Labute approximate surface area is 166 Å². The number of esters is 1. The van der Waals surface area contributed by atoms with Gasteiger partial charge in [0.2, 0.25) is 12.5 Å². The maximum Gasteiger partial charge on any atom is 0.339 e. The van der Waals surface area contributed by atoms with Crippen LogP contribution in [-0.2, 0) is 11.3 Å². The highest BCUT2D eigenvalue weighted by molar-refractivity contribution is 6.13. The topological polar surface area (TPSA) is 72.5 Å². The van der Waals surface area contributed by atoms with Crippen LogP contribution in [0.1, 0.15) is 15.9 Å². The number of rotatable bonds is 4.